The molecule has 2 rings (SSSR count). The molecule has 98 valence electrons. The molecule has 0 bridgehead atoms. The highest BCUT2D eigenvalue weighted by Crippen LogP contribution is 2.22. The predicted octanol–water partition coefficient (Wildman–Crippen LogP) is 1.17. The average molecular weight is 240 g/mol. The Morgan fingerprint density at radius 1 is 1.29 bits per heavy atom. The SMILES string of the molecule is O=C(O)C(CN1CCCCCC1)C1CCNC1. The van der Waals surface area contributed by atoms with Gasteiger partial charge in [0.15, 0.2) is 0 Å². The Labute approximate surface area is 103 Å². The molecule has 4 nitrogen and oxygen atoms in total. The number of carboxylic acids is 1. The van der Waals surface area contributed by atoms with Crippen LogP contribution in [-0.4, -0.2) is 48.7 Å². The molecule has 0 aromatic rings. The highest BCUT2D eigenvalue weighted by Gasteiger charge is 2.31. The molecule has 0 aromatic heterocycles. The van der Waals surface area contributed by atoms with E-state index in [1.54, 1.807) is 0 Å². The third-order valence-corrected chi connectivity index (χ3v) is 4.14. The molecule has 0 aliphatic carbocycles. The van der Waals surface area contributed by atoms with E-state index < -0.39 is 5.97 Å². The Morgan fingerprint density at radius 2 is 2.00 bits per heavy atom. The lowest BCUT2D eigenvalue weighted by Crippen LogP contribution is -2.38. The minimum atomic E-state index is -0.608. The molecule has 17 heavy (non-hydrogen) atoms. The topological polar surface area (TPSA) is 52.6 Å². The van der Waals surface area contributed by atoms with Crippen LogP contribution in [0.4, 0.5) is 0 Å². The third kappa shape index (κ3) is 3.68. The quantitative estimate of drug-likeness (QED) is 0.774. The predicted molar refractivity (Wildman–Crippen MR) is 67.0 cm³/mol. The molecule has 2 saturated heterocycles. The fraction of sp³-hybridized carbons (Fsp3) is 0.923. The van der Waals surface area contributed by atoms with Crippen molar-refractivity contribution in [1.29, 1.82) is 0 Å². The molecular weight excluding hydrogens is 216 g/mol. The molecule has 2 unspecified atom stereocenters. The van der Waals surface area contributed by atoms with Gasteiger partial charge >= 0.3 is 5.97 Å². The molecule has 2 fully saturated rings. The van der Waals surface area contributed by atoms with Crippen molar-refractivity contribution in [3.05, 3.63) is 0 Å². The summed E-state index contributed by atoms with van der Waals surface area (Å²) in [5.41, 5.74) is 0. The zero-order valence-electron chi connectivity index (χ0n) is 10.5. The van der Waals surface area contributed by atoms with E-state index in [1.165, 1.54) is 25.7 Å². The number of aliphatic carboxylic acids is 1. The summed E-state index contributed by atoms with van der Waals surface area (Å²) in [6.45, 7) is 4.79. The zero-order chi connectivity index (χ0) is 12.1. The number of likely N-dealkylation sites (tertiary alicyclic amines) is 1. The van der Waals surface area contributed by atoms with Crippen LogP contribution in [-0.2, 0) is 4.79 Å². The molecule has 2 aliphatic rings. The largest absolute Gasteiger partial charge is 0.481 e. The molecule has 0 spiro atoms. The van der Waals surface area contributed by atoms with Crippen molar-refractivity contribution in [2.75, 3.05) is 32.7 Å². The van der Waals surface area contributed by atoms with Crippen molar-refractivity contribution in [2.45, 2.75) is 32.1 Å². The van der Waals surface area contributed by atoms with Crippen LogP contribution in [0.5, 0.6) is 0 Å². The number of carboxylic acid groups (broad SMARTS) is 1. The van der Waals surface area contributed by atoms with Gasteiger partial charge < -0.3 is 15.3 Å². The average Bonchev–Trinajstić information content (AvgIpc) is 2.70. The summed E-state index contributed by atoms with van der Waals surface area (Å²) in [4.78, 5) is 13.8. The van der Waals surface area contributed by atoms with Gasteiger partial charge in [0.1, 0.15) is 0 Å². The third-order valence-electron chi connectivity index (χ3n) is 4.14. The number of hydrogen-bond donors (Lipinski definition) is 2. The standard InChI is InChI=1S/C13H24N2O2/c16-13(17)12(11-5-6-14-9-11)10-15-7-3-1-2-4-8-15/h11-12,14H,1-10H2,(H,16,17). The van der Waals surface area contributed by atoms with Gasteiger partial charge in [0.2, 0.25) is 0 Å². The molecule has 0 saturated carbocycles. The first-order valence-corrected chi connectivity index (χ1v) is 6.93. The lowest BCUT2D eigenvalue weighted by Gasteiger charge is -2.27. The molecule has 2 aliphatic heterocycles. The van der Waals surface area contributed by atoms with Gasteiger partial charge in [-0.15, -0.1) is 0 Å². The highest BCUT2D eigenvalue weighted by molar-refractivity contribution is 5.70. The van der Waals surface area contributed by atoms with E-state index in [1.807, 2.05) is 0 Å². The second-order valence-electron chi connectivity index (χ2n) is 5.41. The first-order valence-electron chi connectivity index (χ1n) is 6.93. The van der Waals surface area contributed by atoms with Crippen LogP contribution < -0.4 is 5.32 Å². The summed E-state index contributed by atoms with van der Waals surface area (Å²) in [6, 6.07) is 0. The second kappa shape index (κ2) is 6.36. The van der Waals surface area contributed by atoms with Gasteiger partial charge in [-0.1, -0.05) is 12.8 Å². The van der Waals surface area contributed by atoms with Crippen LogP contribution in [0, 0.1) is 11.8 Å². The number of hydrogen-bond acceptors (Lipinski definition) is 3. The fourth-order valence-electron chi connectivity index (χ4n) is 3.05. The van der Waals surface area contributed by atoms with Gasteiger partial charge in [-0.2, -0.15) is 0 Å². The summed E-state index contributed by atoms with van der Waals surface area (Å²) in [7, 11) is 0. The van der Waals surface area contributed by atoms with Crippen molar-refractivity contribution < 1.29 is 9.90 Å². The number of nitrogens with one attached hydrogen (secondary N) is 1. The second-order valence-corrected chi connectivity index (χ2v) is 5.41. The zero-order valence-corrected chi connectivity index (χ0v) is 10.5. The minimum absolute atomic E-state index is 0.178. The molecule has 2 heterocycles. The van der Waals surface area contributed by atoms with Gasteiger partial charge in [-0.05, 0) is 51.4 Å². The van der Waals surface area contributed by atoms with Crippen molar-refractivity contribution >= 4 is 5.97 Å². The van der Waals surface area contributed by atoms with E-state index in [0.29, 0.717) is 5.92 Å². The maximum Gasteiger partial charge on any atom is 0.308 e. The fourth-order valence-corrected chi connectivity index (χ4v) is 3.05. The van der Waals surface area contributed by atoms with Crippen LogP contribution in [0.2, 0.25) is 0 Å². The van der Waals surface area contributed by atoms with Crippen LogP contribution in [0.25, 0.3) is 0 Å². The first kappa shape index (κ1) is 12.8. The van der Waals surface area contributed by atoms with Gasteiger partial charge in [-0.25, -0.2) is 0 Å². The van der Waals surface area contributed by atoms with Crippen LogP contribution in [0.1, 0.15) is 32.1 Å². The summed E-state index contributed by atoms with van der Waals surface area (Å²) in [5, 5.41) is 12.7. The summed E-state index contributed by atoms with van der Waals surface area (Å²) in [6.07, 6.45) is 6.09. The molecule has 4 heteroatoms. The maximum atomic E-state index is 11.4. The van der Waals surface area contributed by atoms with E-state index in [9.17, 15) is 9.90 Å². The molecular formula is C13H24N2O2. The molecule has 0 aromatic carbocycles. The number of carbonyl (C=O) groups is 1. The van der Waals surface area contributed by atoms with Crippen LogP contribution in [0.3, 0.4) is 0 Å². The van der Waals surface area contributed by atoms with Crippen LogP contribution in [0.15, 0.2) is 0 Å². The van der Waals surface area contributed by atoms with E-state index in [-0.39, 0.29) is 5.92 Å². The Hall–Kier alpha value is -0.610. The lowest BCUT2D eigenvalue weighted by atomic mass is 9.91. The van der Waals surface area contributed by atoms with Crippen LogP contribution >= 0.6 is 0 Å². The summed E-state index contributed by atoms with van der Waals surface area (Å²) >= 11 is 0. The Morgan fingerprint density at radius 3 is 2.53 bits per heavy atom. The molecule has 0 amide bonds. The van der Waals surface area contributed by atoms with E-state index in [0.717, 1.165) is 39.1 Å². The van der Waals surface area contributed by atoms with Gasteiger partial charge in [0.25, 0.3) is 0 Å². The Balaban J connectivity index is 1.89. The smallest absolute Gasteiger partial charge is 0.308 e. The molecule has 2 N–H and O–H groups in total. The summed E-state index contributed by atoms with van der Waals surface area (Å²) in [5.74, 6) is -0.457. The van der Waals surface area contributed by atoms with Crippen molar-refractivity contribution in [3.8, 4) is 0 Å². The number of nitrogens with zero attached hydrogens (tertiary/aromatic N) is 1. The van der Waals surface area contributed by atoms with Crippen molar-refractivity contribution in [2.24, 2.45) is 11.8 Å². The Kier molecular flexibility index (Phi) is 4.80. The molecule has 0 radical (unpaired) electrons. The molecule has 2 atom stereocenters. The summed E-state index contributed by atoms with van der Waals surface area (Å²) < 4.78 is 0. The normalized spacial score (nSPS) is 28.8. The van der Waals surface area contributed by atoms with E-state index >= 15 is 0 Å². The van der Waals surface area contributed by atoms with Gasteiger partial charge in [-0.3, -0.25) is 4.79 Å². The van der Waals surface area contributed by atoms with Gasteiger partial charge in [0, 0.05) is 6.54 Å². The van der Waals surface area contributed by atoms with E-state index in [2.05, 4.69) is 10.2 Å². The monoisotopic (exact) mass is 240 g/mol. The maximum absolute atomic E-state index is 11.4. The first-order chi connectivity index (χ1) is 8.27. The van der Waals surface area contributed by atoms with Crippen molar-refractivity contribution in [1.82, 2.24) is 10.2 Å². The lowest BCUT2D eigenvalue weighted by molar-refractivity contribution is -0.144. The van der Waals surface area contributed by atoms with Gasteiger partial charge in [0.05, 0.1) is 5.92 Å². The Bertz CT molecular complexity index is 244. The number of rotatable bonds is 4. The highest BCUT2D eigenvalue weighted by atomic mass is 16.4. The van der Waals surface area contributed by atoms with E-state index in [4.69, 9.17) is 0 Å². The minimum Gasteiger partial charge on any atom is -0.481 e. The van der Waals surface area contributed by atoms with Crippen molar-refractivity contribution in [3.63, 3.8) is 0 Å².